The number of hydrogen-bond acceptors (Lipinski definition) is 2. The monoisotopic (exact) mass is 199 g/mol. The van der Waals surface area contributed by atoms with Crippen molar-refractivity contribution < 1.29 is 4.39 Å². The molecule has 0 aliphatic rings. The van der Waals surface area contributed by atoms with Crippen LogP contribution in [0.15, 0.2) is 29.2 Å². The van der Waals surface area contributed by atoms with E-state index in [-0.39, 0.29) is 0 Å². The molecule has 13 heavy (non-hydrogen) atoms. The standard InChI is InChI=1S/C10H14FNS/c1-8(11)6-7-13-10-4-2-9(12)3-5-10/h2-5,8H,6-7,12H2,1H3. The van der Waals surface area contributed by atoms with E-state index in [1.807, 2.05) is 24.3 Å². The number of benzene rings is 1. The van der Waals surface area contributed by atoms with E-state index in [2.05, 4.69) is 0 Å². The molecule has 1 unspecified atom stereocenters. The average molecular weight is 199 g/mol. The number of nitrogen functional groups attached to an aromatic ring is 1. The van der Waals surface area contributed by atoms with E-state index >= 15 is 0 Å². The molecule has 1 aromatic rings. The minimum atomic E-state index is -0.707. The van der Waals surface area contributed by atoms with Crippen LogP contribution in [0.1, 0.15) is 13.3 Å². The minimum Gasteiger partial charge on any atom is -0.399 e. The number of anilines is 1. The summed E-state index contributed by atoms with van der Waals surface area (Å²) in [6, 6.07) is 7.65. The van der Waals surface area contributed by atoms with Gasteiger partial charge in [-0.05, 0) is 37.6 Å². The van der Waals surface area contributed by atoms with Gasteiger partial charge in [0, 0.05) is 16.3 Å². The summed E-state index contributed by atoms with van der Waals surface area (Å²) < 4.78 is 12.4. The fourth-order valence-electron chi connectivity index (χ4n) is 0.903. The van der Waals surface area contributed by atoms with Crippen LogP contribution in [0.4, 0.5) is 10.1 Å². The molecule has 0 fully saturated rings. The first-order valence-corrected chi connectivity index (χ1v) is 5.29. The first-order chi connectivity index (χ1) is 6.18. The lowest BCUT2D eigenvalue weighted by atomic mass is 10.3. The Kier molecular flexibility index (Phi) is 4.09. The summed E-state index contributed by atoms with van der Waals surface area (Å²) in [7, 11) is 0. The largest absolute Gasteiger partial charge is 0.399 e. The summed E-state index contributed by atoms with van der Waals surface area (Å²) >= 11 is 1.66. The van der Waals surface area contributed by atoms with E-state index in [0.29, 0.717) is 6.42 Å². The molecular formula is C10H14FNS. The third kappa shape index (κ3) is 4.18. The summed E-state index contributed by atoms with van der Waals surface area (Å²) in [6.45, 7) is 1.59. The Bertz CT molecular complexity index is 246. The molecule has 0 saturated heterocycles. The number of thioether (sulfide) groups is 1. The lowest BCUT2D eigenvalue weighted by Gasteiger charge is -2.02. The maximum atomic E-state index is 12.4. The van der Waals surface area contributed by atoms with Crippen LogP contribution in [0, 0.1) is 0 Å². The van der Waals surface area contributed by atoms with Crippen LogP contribution < -0.4 is 5.73 Å². The van der Waals surface area contributed by atoms with Crippen molar-refractivity contribution in [1.82, 2.24) is 0 Å². The molecule has 0 spiro atoms. The lowest BCUT2D eigenvalue weighted by Crippen LogP contribution is -1.93. The predicted octanol–water partition coefficient (Wildman–Crippen LogP) is 3.11. The Labute approximate surface area is 82.5 Å². The van der Waals surface area contributed by atoms with E-state index in [1.165, 1.54) is 0 Å². The Morgan fingerprint density at radius 1 is 1.38 bits per heavy atom. The zero-order chi connectivity index (χ0) is 9.68. The fraction of sp³-hybridized carbons (Fsp3) is 0.400. The van der Waals surface area contributed by atoms with E-state index in [0.717, 1.165) is 16.3 Å². The third-order valence-corrected chi connectivity index (χ3v) is 2.71. The molecule has 0 radical (unpaired) electrons. The first-order valence-electron chi connectivity index (χ1n) is 4.31. The topological polar surface area (TPSA) is 26.0 Å². The van der Waals surface area contributed by atoms with Gasteiger partial charge in [0.25, 0.3) is 0 Å². The van der Waals surface area contributed by atoms with Crippen molar-refractivity contribution in [3.8, 4) is 0 Å². The second-order valence-corrected chi connectivity index (χ2v) is 4.16. The Balaban J connectivity index is 2.33. The molecule has 3 heteroatoms. The lowest BCUT2D eigenvalue weighted by molar-refractivity contribution is 0.355. The van der Waals surface area contributed by atoms with Crippen LogP contribution in [-0.2, 0) is 0 Å². The van der Waals surface area contributed by atoms with Crippen LogP contribution in [0.3, 0.4) is 0 Å². The van der Waals surface area contributed by atoms with Crippen LogP contribution in [0.5, 0.6) is 0 Å². The maximum Gasteiger partial charge on any atom is 0.0981 e. The van der Waals surface area contributed by atoms with Gasteiger partial charge in [0.1, 0.15) is 0 Å². The highest BCUT2D eigenvalue weighted by atomic mass is 32.2. The van der Waals surface area contributed by atoms with Gasteiger partial charge in [-0.1, -0.05) is 0 Å². The van der Waals surface area contributed by atoms with E-state index < -0.39 is 6.17 Å². The maximum absolute atomic E-state index is 12.4. The molecule has 1 atom stereocenters. The van der Waals surface area contributed by atoms with Crippen LogP contribution in [0.2, 0.25) is 0 Å². The summed E-state index contributed by atoms with van der Waals surface area (Å²) in [4.78, 5) is 1.15. The van der Waals surface area contributed by atoms with Gasteiger partial charge in [0.05, 0.1) is 6.17 Å². The molecule has 0 amide bonds. The van der Waals surface area contributed by atoms with Crippen molar-refractivity contribution >= 4 is 17.4 Å². The summed E-state index contributed by atoms with van der Waals surface area (Å²) in [6.07, 6.45) is -0.101. The van der Waals surface area contributed by atoms with Crippen molar-refractivity contribution in [3.63, 3.8) is 0 Å². The zero-order valence-corrected chi connectivity index (χ0v) is 8.48. The second-order valence-electron chi connectivity index (χ2n) is 2.99. The zero-order valence-electron chi connectivity index (χ0n) is 7.66. The van der Waals surface area contributed by atoms with E-state index in [9.17, 15) is 4.39 Å². The fourth-order valence-corrected chi connectivity index (χ4v) is 1.91. The molecule has 1 nitrogen and oxygen atoms in total. The summed E-state index contributed by atoms with van der Waals surface area (Å²) in [5.41, 5.74) is 6.30. The number of rotatable bonds is 4. The number of halogens is 1. The molecule has 0 aromatic heterocycles. The molecule has 1 aromatic carbocycles. The average Bonchev–Trinajstić information content (AvgIpc) is 2.08. The minimum absolute atomic E-state index is 0.606. The molecule has 0 saturated carbocycles. The van der Waals surface area contributed by atoms with Crippen LogP contribution in [0.25, 0.3) is 0 Å². The molecule has 1 rings (SSSR count). The van der Waals surface area contributed by atoms with Crippen LogP contribution >= 0.6 is 11.8 Å². The molecular weight excluding hydrogens is 185 g/mol. The van der Waals surface area contributed by atoms with Gasteiger partial charge >= 0.3 is 0 Å². The van der Waals surface area contributed by atoms with Gasteiger partial charge in [0.2, 0.25) is 0 Å². The van der Waals surface area contributed by atoms with Crippen molar-refractivity contribution in [2.45, 2.75) is 24.4 Å². The highest BCUT2D eigenvalue weighted by Crippen LogP contribution is 2.20. The molecule has 0 bridgehead atoms. The summed E-state index contributed by atoms with van der Waals surface area (Å²) in [5, 5.41) is 0. The van der Waals surface area contributed by atoms with Gasteiger partial charge in [-0.25, -0.2) is 4.39 Å². The van der Waals surface area contributed by atoms with Crippen molar-refractivity contribution in [2.24, 2.45) is 0 Å². The van der Waals surface area contributed by atoms with Gasteiger partial charge in [-0.2, -0.15) is 0 Å². The highest BCUT2D eigenvalue weighted by Gasteiger charge is 1.98. The number of alkyl halides is 1. The van der Waals surface area contributed by atoms with Crippen molar-refractivity contribution in [1.29, 1.82) is 0 Å². The molecule has 0 aliphatic heterocycles. The Morgan fingerprint density at radius 3 is 2.54 bits per heavy atom. The quantitative estimate of drug-likeness (QED) is 0.595. The third-order valence-electron chi connectivity index (χ3n) is 1.66. The summed E-state index contributed by atoms with van der Waals surface area (Å²) in [5.74, 6) is 0.821. The van der Waals surface area contributed by atoms with E-state index in [1.54, 1.807) is 18.7 Å². The van der Waals surface area contributed by atoms with Gasteiger partial charge in [0.15, 0.2) is 0 Å². The number of nitrogens with two attached hydrogens (primary N) is 1. The Morgan fingerprint density at radius 2 is 2.00 bits per heavy atom. The molecule has 72 valence electrons. The SMILES string of the molecule is CC(F)CCSc1ccc(N)cc1. The molecule has 2 N–H and O–H groups in total. The number of hydrogen-bond donors (Lipinski definition) is 1. The first kappa shape index (κ1) is 10.4. The van der Waals surface area contributed by atoms with Gasteiger partial charge in [-0.15, -0.1) is 11.8 Å². The van der Waals surface area contributed by atoms with Crippen molar-refractivity contribution in [2.75, 3.05) is 11.5 Å². The normalized spacial score (nSPS) is 12.8. The van der Waals surface area contributed by atoms with E-state index in [4.69, 9.17) is 5.73 Å². The Hall–Kier alpha value is -0.700. The predicted molar refractivity (Wildman–Crippen MR) is 56.8 cm³/mol. The molecule has 0 heterocycles. The highest BCUT2D eigenvalue weighted by molar-refractivity contribution is 7.99. The second kappa shape index (κ2) is 5.12. The van der Waals surface area contributed by atoms with Crippen LogP contribution in [-0.4, -0.2) is 11.9 Å². The molecule has 0 aliphatic carbocycles. The van der Waals surface area contributed by atoms with Crippen molar-refractivity contribution in [3.05, 3.63) is 24.3 Å². The van der Waals surface area contributed by atoms with Gasteiger partial charge in [-0.3, -0.25) is 0 Å². The smallest absolute Gasteiger partial charge is 0.0981 e. The van der Waals surface area contributed by atoms with Gasteiger partial charge < -0.3 is 5.73 Å².